The number of allylic oxidation sites excluding steroid dienone is 6. The van der Waals surface area contributed by atoms with Crippen LogP contribution in [0.25, 0.3) is 0 Å². The van der Waals surface area contributed by atoms with Crippen LogP contribution in [-0.2, 0) is 4.74 Å². The van der Waals surface area contributed by atoms with Crippen molar-refractivity contribution in [2.24, 2.45) is 0 Å². The molecule has 0 unspecified atom stereocenters. The van der Waals surface area contributed by atoms with E-state index in [1.807, 2.05) is 7.11 Å². The van der Waals surface area contributed by atoms with E-state index in [1.54, 1.807) is 0 Å². The van der Waals surface area contributed by atoms with Gasteiger partial charge in [-0.2, -0.15) is 0 Å². The van der Waals surface area contributed by atoms with Crippen molar-refractivity contribution in [3.05, 3.63) is 75.9 Å². The van der Waals surface area contributed by atoms with Crippen molar-refractivity contribution in [3.8, 4) is 0 Å². The van der Waals surface area contributed by atoms with Crippen LogP contribution >= 0.6 is 0 Å². The molecule has 0 aromatic heterocycles. The van der Waals surface area contributed by atoms with Gasteiger partial charge in [0.1, 0.15) is 0 Å². The van der Waals surface area contributed by atoms with Crippen LogP contribution in [0, 0.1) is 0 Å². The zero-order chi connectivity index (χ0) is 22.7. The minimum Gasteiger partial charge on any atom is -0.388 e. The topological polar surface area (TPSA) is 9.23 Å². The van der Waals surface area contributed by atoms with Crippen LogP contribution in [0.5, 0.6) is 0 Å². The van der Waals surface area contributed by atoms with E-state index in [0.717, 1.165) is 6.23 Å². The van der Waals surface area contributed by atoms with Gasteiger partial charge in [0.15, 0.2) is 0 Å². The molecule has 4 heteroatoms. The Morgan fingerprint density at radius 1 is 0.600 bits per heavy atom. The molecule has 0 aliphatic carbocycles. The van der Waals surface area contributed by atoms with E-state index < -0.39 is 24.9 Å². The van der Waals surface area contributed by atoms with E-state index in [-0.39, 0.29) is 0 Å². The number of methoxy groups -OCH3 is 1. The van der Waals surface area contributed by atoms with Crippen molar-refractivity contribution in [3.63, 3.8) is 0 Å². The number of ether oxygens (including phenoxy) is 1. The molecule has 0 atom stereocenters. The summed E-state index contributed by atoms with van der Waals surface area (Å²) in [5.74, 6) is 0. The third-order valence-corrected chi connectivity index (χ3v) is 19.5. The highest BCUT2D eigenvalue weighted by Crippen LogP contribution is 2.32. The van der Waals surface area contributed by atoms with Crippen LogP contribution in [0.4, 0.5) is 0 Å². The fourth-order valence-corrected chi connectivity index (χ4v) is 16.3. The lowest BCUT2D eigenvalue weighted by Gasteiger charge is -2.30. The summed E-state index contributed by atoms with van der Waals surface area (Å²) in [6, 6.07) is 12.6. The average molecular weight is 461 g/mol. The number of rotatable bonds is 22. The molecule has 30 heavy (non-hydrogen) atoms. The highest BCUT2D eigenvalue weighted by Gasteiger charge is 2.30. The van der Waals surface area contributed by atoms with E-state index in [9.17, 15) is 0 Å². The van der Waals surface area contributed by atoms with Gasteiger partial charge >= 0.3 is 0 Å². The highest BCUT2D eigenvalue weighted by atomic mass is 28.3. The van der Waals surface area contributed by atoms with Crippen LogP contribution < -0.4 is 0 Å². The molecule has 0 aliphatic heterocycles. The quantitative estimate of drug-likeness (QED) is 0.117. The van der Waals surface area contributed by atoms with Crippen LogP contribution in [-0.4, -0.2) is 38.3 Å². The van der Waals surface area contributed by atoms with Crippen LogP contribution in [0.2, 0.25) is 60.4 Å². The second-order valence-electron chi connectivity index (χ2n) is 9.06. The molecule has 0 heterocycles. The standard InChI is InChI=1S/C26H48OSi3/c1-8-18-29(19-9-2,20-10-3)24-14-16-28(26-27-7)17-15-25-30(21-11-4,22-12-5)23-13-6/h8-13,28H,1-6,14-26H2,7H3. The Labute approximate surface area is 192 Å². The summed E-state index contributed by atoms with van der Waals surface area (Å²) in [4.78, 5) is 0. The van der Waals surface area contributed by atoms with Crippen molar-refractivity contribution in [1.82, 2.24) is 0 Å². The lowest BCUT2D eigenvalue weighted by molar-refractivity contribution is 0.248. The molecule has 0 fully saturated rings. The highest BCUT2D eigenvalue weighted by molar-refractivity contribution is 6.81. The molecule has 0 spiro atoms. The summed E-state index contributed by atoms with van der Waals surface area (Å²) in [7, 11) is -1.75. The second kappa shape index (κ2) is 17.7. The molecule has 0 saturated heterocycles. The second-order valence-corrected chi connectivity index (χ2v) is 21.7. The lowest BCUT2D eigenvalue weighted by Crippen LogP contribution is -2.33. The van der Waals surface area contributed by atoms with E-state index in [1.165, 1.54) is 73.3 Å². The maximum Gasteiger partial charge on any atom is 0.0677 e. The molecule has 0 aromatic rings. The summed E-state index contributed by atoms with van der Waals surface area (Å²) in [6.07, 6.45) is 16.5. The maximum atomic E-state index is 5.64. The normalized spacial score (nSPS) is 11.8. The molecule has 1 nitrogen and oxygen atoms in total. The average Bonchev–Trinajstić information content (AvgIpc) is 2.69. The van der Waals surface area contributed by atoms with E-state index in [0.29, 0.717) is 0 Å². The third-order valence-electron chi connectivity index (χ3n) is 6.51. The first kappa shape index (κ1) is 29.1. The minimum absolute atomic E-state index is 0.865. The Hall–Kier alpha value is -0.949. The van der Waals surface area contributed by atoms with E-state index in [2.05, 4.69) is 75.9 Å². The molecular weight excluding hydrogens is 413 g/mol. The Kier molecular flexibility index (Phi) is 17.1. The van der Waals surface area contributed by atoms with Crippen molar-refractivity contribution < 1.29 is 4.74 Å². The predicted molar refractivity (Wildman–Crippen MR) is 149 cm³/mol. The Morgan fingerprint density at radius 3 is 1.13 bits per heavy atom. The van der Waals surface area contributed by atoms with Gasteiger partial charge in [-0.15, -0.1) is 39.5 Å². The summed E-state index contributed by atoms with van der Waals surface area (Å²) in [5, 5.41) is 0. The van der Waals surface area contributed by atoms with Gasteiger partial charge in [-0.05, 0) is 36.3 Å². The van der Waals surface area contributed by atoms with Gasteiger partial charge in [0, 0.05) is 13.3 Å². The van der Waals surface area contributed by atoms with Gasteiger partial charge in [0.25, 0.3) is 0 Å². The predicted octanol–water partition coefficient (Wildman–Crippen LogP) is 8.19. The summed E-state index contributed by atoms with van der Waals surface area (Å²) < 4.78 is 5.64. The smallest absolute Gasteiger partial charge is 0.0677 e. The number of hydrogen-bond acceptors (Lipinski definition) is 1. The lowest BCUT2D eigenvalue weighted by atomic mass is 10.5. The molecule has 0 bridgehead atoms. The molecule has 170 valence electrons. The van der Waals surface area contributed by atoms with E-state index in [4.69, 9.17) is 4.74 Å². The van der Waals surface area contributed by atoms with Gasteiger partial charge in [-0.1, -0.05) is 73.5 Å². The SMILES string of the molecule is C=CC[Si](CC=C)(CC=C)CCC[SiH](CCC[Si](CC=C)(CC=C)CC=C)COC. The third kappa shape index (κ3) is 11.4. The van der Waals surface area contributed by atoms with Gasteiger partial charge in [-0.25, -0.2) is 0 Å². The fraction of sp³-hybridized carbons (Fsp3) is 0.538. The molecule has 0 rings (SSSR count). The van der Waals surface area contributed by atoms with Crippen molar-refractivity contribution in [1.29, 1.82) is 0 Å². The van der Waals surface area contributed by atoms with Crippen molar-refractivity contribution >= 4 is 24.9 Å². The fourth-order valence-electron chi connectivity index (χ4n) is 5.03. The first-order valence-corrected chi connectivity index (χ1v) is 19.8. The van der Waals surface area contributed by atoms with Crippen LogP contribution in [0.15, 0.2) is 75.9 Å². The van der Waals surface area contributed by atoms with Gasteiger partial charge < -0.3 is 4.74 Å². The zero-order valence-corrected chi connectivity index (χ0v) is 23.0. The van der Waals surface area contributed by atoms with Crippen LogP contribution in [0.3, 0.4) is 0 Å². The summed E-state index contributed by atoms with van der Waals surface area (Å²) in [6.45, 7) is 24.2. The molecule has 0 aliphatic rings. The maximum absolute atomic E-state index is 5.64. The molecule has 0 saturated carbocycles. The molecular formula is C26H48OSi3. The zero-order valence-electron chi connectivity index (χ0n) is 19.9. The Morgan fingerprint density at radius 2 is 0.900 bits per heavy atom. The van der Waals surface area contributed by atoms with E-state index >= 15 is 0 Å². The van der Waals surface area contributed by atoms with Crippen LogP contribution in [0.1, 0.15) is 12.8 Å². The monoisotopic (exact) mass is 460 g/mol. The summed E-state index contributed by atoms with van der Waals surface area (Å²) >= 11 is 0. The molecule has 0 amide bonds. The minimum atomic E-state index is -1.38. The first-order chi connectivity index (χ1) is 14.5. The largest absolute Gasteiger partial charge is 0.388 e. The Bertz CT molecular complexity index is 429. The molecule has 0 radical (unpaired) electrons. The number of hydrogen-bond donors (Lipinski definition) is 0. The first-order valence-electron chi connectivity index (χ1n) is 11.6. The Balaban J connectivity index is 4.88. The summed E-state index contributed by atoms with van der Waals surface area (Å²) in [5.41, 5.74) is 0. The van der Waals surface area contributed by atoms with Gasteiger partial charge in [-0.3, -0.25) is 0 Å². The van der Waals surface area contributed by atoms with Crippen molar-refractivity contribution in [2.45, 2.75) is 73.3 Å². The molecule has 0 N–H and O–H groups in total. The molecule has 0 aromatic carbocycles. The van der Waals surface area contributed by atoms with Gasteiger partial charge in [0.2, 0.25) is 0 Å². The van der Waals surface area contributed by atoms with Gasteiger partial charge in [0.05, 0.1) is 24.9 Å². The van der Waals surface area contributed by atoms with Crippen molar-refractivity contribution in [2.75, 3.05) is 13.3 Å².